The molecule has 1 aliphatic carbocycles. The van der Waals surface area contributed by atoms with Gasteiger partial charge in [-0.3, -0.25) is 0 Å². The molecule has 2 aliphatic rings. The van der Waals surface area contributed by atoms with Crippen LogP contribution in [0.3, 0.4) is 0 Å². The van der Waals surface area contributed by atoms with Crippen molar-refractivity contribution in [1.82, 2.24) is 10.2 Å². The van der Waals surface area contributed by atoms with Crippen LogP contribution in [0, 0.1) is 11.3 Å². The number of methoxy groups -OCH3 is 1. The van der Waals surface area contributed by atoms with Gasteiger partial charge < -0.3 is 19.7 Å². The summed E-state index contributed by atoms with van der Waals surface area (Å²) in [5, 5.41) is 3.64. The largest absolute Gasteiger partial charge is 0.444 e. The molecule has 1 saturated heterocycles. The summed E-state index contributed by atoms with van der Waals surface area (Å²) < 4.78 is 10.7. The Balaban J connectivity index is 1.69. The fourth-order valence-electron chi connectivity index (χ4n) is 3.28. The minimum atomic E-state index is -0.415. The van der Waals surface area contributed by atoms with Gasteiger partial charge in [0.15, 0.2) is 0 Å². The van der Waals surface area contributed by atoms with Gasteiger partial charge in [0, 0.05) is 33.4 Å². The Morgan fingerprint density at radius 1 is 1.35 bits per heavy atom. The first-order valence-corrected chi connectivity index (χ1v) is 9.01. The Morgan fingerprint density at radius 2 is 2.09 bits per heavy atom. The fourth-order valence-corrected chi connectivity index (χ4v) is 3.28. The van der Waals surface area contributed by atoms with Crippen LogP contribution in [0.5, 0.6) is 0 Å². The van der Waals surface area contributed by atoms with Crippen LogP contribution < -0.4 is 5.32 Å². The molecular weight excluding hydrogens is 292 g/mol. The van der Waals surface area contributed by atoms with Crippen molar-refractivity contribution in [1.29, 1.82) is 0 Å². The Bertz CT molecular complexity index is 388. The van der Waals surface area contributed by atoms with Crippen LogP contribution in [0.1, 0.15) is 52.9 Å². The van der Waals surface area contributed by atoms with Crippen molar-refractivity contribution in [2.75, 3.05) is 39.9 Å². The molecule has 0 bridgehead atoms. The van der Waals surface area contributed by atoms with E-state index in [2.05, 4.69) is 5.32 Å². The van der Waals surface area contributed by atoms with Crippen LogP contribution in [0.2, 0.25) is 0 Å². The Kier molecular flexibility index (Phi) is 6.32. The standard InChI is InChI=1S/C18H34N2O3/c1-17(2,3)23-16(21)20-10-5-6-15(13-20)12-19-14-18(7-8-18)9-11-22-4/h15,19H,5-14H2,1-4H3. The van der Waals surface area contributed by atoms with E-state index >= 15 is 0 Å². The molecule has 1 N–H and O–H groups in total. The van der Waals surface area contributed by atoms with E-state index in [1.165, 1.54) is 19.3 Å². The fraction of sp³-hybridized carbons (Fsp3) is 0.944. The highest BCUT2D eigenvalue weighted by Gasteiger charge is 2.41. The number of carbonyl (C=O) groups is 1. The smallest absolute Gasteiger partial charge is 0.410 e. The SMILES string of the molecule is COCCC1(CNCC2CCCN(C(=O)OC(C)(C)C)C2)CC1. The van der Waals surface area contributed by atoms with Gasteiger partial charge >= 0.3 is 6.09 Å². The maximum Gasteiger partial charge on any atom is 0.410 e. The van der Waals surface area contributed by atoms with Crippen molar-refractivity contribution in [3.63, 3.8) is 0 Å². The number of nitrogens with one attached hydrogen (secondary N) is 1. The Labute approximate surface area is 141 Å². The summed E-state index contributed by atoms with van der Waals surface area (Å²) in [6, 6.07) is 0. The predicted octanol–water partition coefficient (Wildman–Crippen LogP) is 3.04. The molecule has 1 saturated carbocycles. The van der Waals surface area contributed by atoms with Crippen LogP contribution in [0.4, 0.5) is 4.79 Å². The molecule has 1 aliphatic heterocycles. The second-order valence-corrected chi connectivity index (χ2v) is 8.31. The van der Waals surface area contributed by atoms with Crippen molar-refractivity contribution in [3.05, 3.63) is 0 Å². The van der Waals surface area contributed by atoms with Gasteiger partial charge in [0.25, 0.3) is 0 Å². The molecular formula is C18H34N2O3. The highest BCUT2D eigenvalue weighted by molar-refractivity contribution is 5.68. The van der Waals surface area contributed by atoms with E-state index in [1.807, 2.05) is 25.7 Å². The van der Waals surface area contributed by atoms with Gasteiger partial charge in [-0.2, -0.15) is 0 Å². The quantitative estimate of drug-likeness (QED) is 0.781. The number of amides is 1. The lowest BCUT2D eigenvalue weighted by atomic mass is 9.97. The lowest BCUT2D eigenvalue weighted by Gasteiger charge is -2.34. The number of ether oxygens (including phenoxy) is 2. The third-order valence-corrected chi connectivity index (χ3v) is 4.90. The summed E-state index contributed by atoms with van der Waals surface area (Å²) in [5.41, 5.74) is 0.0670. The number of piperidine rings is 1. The lowest BCUT2D eigenvalue weighted by Crippen LogP contribution is -2.45. The predicted molar refractivity (Wildman–Crippen MR) is 91.6 cm³/mol. The Hall–Kier alpha value is -0.810. The summed E-state index contributed by atoms with van der Waals surface area (Å²) in [4.78, 5) is 14.1. The lowest BCUT2D eigenvalue weighted by molar-refractivity contribution is 0.0165. The van der Waals surface area contributed by atoms with Crippen LogP contribution in [-0.4, -0.2) is 56.5 Å². The van der Waals surface area contributed by atoms with Gasteiger partial charge in [-0.1, -0.05) is 0 Å². The van der Waals surface area contributed by atoms with E-state index in [1.54, 1.807) is 7.11 Å². The monoisotopic (exact) mass is 326 g/mol. The van der Waals surface area contributed by atoms with Crippen LogP contribution in [-0.2, 0) is 9.47 Å². The van der Waals surface area contributed by atoms with Crippen molar-refractivity contribution >= 4 is 6.09 Å². The zero-order chi connectivity index (χ0) is 16.9. The van der Waals surface area contributed by atoms with E-state index in [9.17, 15) is 4.79 Å². The maximum absolute atomic E-state index is 12.2. The van der Waals surface area contributed by atoms with Crippen LogP contribution in [0.25, 0.3) is 0 Å². The minimum absolute atomic E-state index is 0.166. The number of hydrogen-bond donors (Lipinski definition) is 1. The molecule has 2 fully saturated rings. The van der Waals surface area contributed by atoms with E-state index < -0.39 is 5.60 Å². The first-order valence-electron chi connectivity index (χ1n) is 9.01. The molecule has 1 atom stereocenters. The molecule has 0 spiro atoms. The van der Waals surface area contributed by atoms with Crippen molar-refractivity contribution in [2.24, 2.45) is 11.3 Å². The van der Waals surface area contributed by atoms with E-state index in [0.717, 1.165) is 45.6 Å². The maximum atomic E-state index is 12.2. The van der Waals surface area contributed by atoms with Gasteiger partial charge in [-0.15, -0.1) is 0 Å². The van der Waals surface area contributed by atoms with Gasteiger partial charge in [-0.25, -0.2) is 4.79 Å². The molecule has 5 nitrogen and oxygen atoms in total. The molecule has 1 amide bonds. The first kappa shape index (κ1) is 18.5. The average molecular weight is 326 g/mol. The molecule has 5 heteroatoms. The second-order valence-electron chi connectivity index (χ2n) is 8.31. The third-order valence-electron chi connectivity index (χ3n) is 4.90. The number of hydrogen-bond acceptors (Lipinski definition) is 4. The van der Waals surface area contributed by atoms with Crippen molar-refractivity contribution in [2.45, 2.75) is 58.5 Å². The first-order chi connectivity index (χ1) is 10.8. The Morgan fingerprint density at radius 3 is 2.70 bits per heavy atom. The summed E-state index contributed by atoms with van der Waals surface area (Å²) in [5.74, 6) is 0.537. The van der Waals surface area contributed by atoms with Crippen LogP contribution >= 0.6 is 0 Å². The summed E-state index contributed by atoms with van der Waals surface area (Å²) in [7, 11) is 1.77. The summed E-state index contributed by atoms with van der Waals surface area (Å²) in [6.45, 7) is 10.3. The molecule has 0 aromatic heterocycles. The normalized spacial score (nSPS) is 23.7. The minimum Gasteiger partial charge on any atom is -0.444 e. The molecule has 134 valence electrons. The summed E-state index contributed by atoms with van der Waals surface area (Å²) in [6.07, 6.45) is 5.89. The van der Waals surface area contributed by atoms with Gasteiger partial charge in [0.05, 0.1) is 0 Å². The van der Waals surface area contributed by atoms with E-state index in [0.29, 0.717) is 11.3 Å². The second kappa shape index (κ2) is 7.84. The number of carbonyl (C=O) groups excluding carboxylic acids is 1. The molecule has 0 aromatic rings. The van der Waals surface area contributed by atoms with Gasteiger partial charge in [-0.05, 0) is 70.8 Å². The summed E-state index contributed by atoms with van der Waals surface area (Å²) >= 11 is 0. The van der Waals surface area contributed by atoms with Crippen molar-refractivity contribution < 1.29 is 14.3 Å². The third kappa shape index (κ3) is 6.30. The number of nitrogens with zero attached hydrogens (tertiary/aromatic N) is 1. The number of rotatable bonds is 7. The highest BCUT2D eigenvalue weighted by Crippen LogP contribution is 2.48. The topological polar surface area (TPSA) is 50.8 Å². The molecule has 1 unspecified atom stereocenters. The van der Waals surface area contributed by atoms with Crippen molar-refractivity contribution in [3.8, 4) is 0 Å². The molecule has 23 heavy (non-hydrogen) atoms. The van der Waals surface area contributed by atoms with Crippen LogP contribution in [0.15, 0.2) is 0 Å². The zero-order valence-electron chi connectivity index (χ0n) is 15.3. The molecule has 2 rings (SSSR count). The van der Waals surface area contributed by atoms with Gasteiger partial charge in [0.2, 0.25) is 0 Å². The van der Waals surface area contributed by atoms with Gasteiger partial charge in [0.1, 0.15) is 5.60 Å². The molecule has 0 radical (unpaired) electrons. The zero-order valence-corrected chi connectivity index (χ0v) is 15.3. The van der Waals surface area contributed by atoms with E-state index in [-0.39, 0.29) is 6.09 Å². The molecule has 0 aromatic carbocycles. The molecule has 1 heterocycles. The van der Waals surface area contributed by atoms with E-state index in [4.69, 9.17) is 9.47 Å². The highest BCUT2D eigenvalue weighted by atomic mass is 16.6. The average Bonchev–Trinajstić information content (AvgIpc) is 3.24. The number of likely N-dealkylation sites (tertiary alicyclic amines) is 1.